The van der Waals surface area contributed by atoms with Crippen molar-refractivity contribution in [2.75, 3.05) is 31.6 Å². The molecule has 1 aromatic carbocycles. The molecule has 6 nitrogen and oxygen atoms in total. The van der Waals surface area contributed by atoms with Gasteiger partial charge in [-0.1, -0.05) is 11.3 Å². The van der Waals surface area contributed by atoms with Crippen molar-refractivity contribution in [3.63, 3.8) is 0 Å². The molecule has 122 valence electrons. The van der Waals surface area contributed by atoms with E-state index < -0.39 is 0 Å². The van der Waals surface area contributed by atoms with Gasteiger partial charge in [-0.25, -0.2) is 0 Å². The third-order valence-electron chi connectivity index (χ3n) is 4.07. The van der Waals surface area contributed by atoms with Gasteiger partial charge in [0.25, 0.3) is 0 Å². The predicted molar refractivity (Wildman–Crippen MR) is 91.0 cm³/mol. The van der Waals surface area contributed by atoms with Crippen LogP contribution in [0.2, 0.25) is 0 Å². The van der Waals surface area contributed by atoms with Gasteiger partial charge in [0, 0.05) is 38.2 Å². The number of piperazine rings is 1. The van der Waals surface area contributed by atoms with E-state index in [9.17, 15) is 4.79 Å². The molecular formula is C16H20N4O2S. The Bertz CT molecular complexity index is 686. The zero-order valence-electron chi connectivity index (χ0n) is 13.5. The van der Waals surface area contributed by atoms with Gasteiger partial charge in [0.2, 0.25) is 11.0 Å². The summed E-state index contributed by atoms with van der Waals surface area (Å²) >= 11 is 1.58. The van der Waals surface area contributed by atoms with Crippen molar-refractivity contribution in [3.05, 3.63) is 24.3 Å². The maximum absolute atomic E-state index is 11.5. The minimum atomic E-state index is 0.132. The zero-order chi connectivity index (χ0) is 16.4. The Morgan fingerprint density at radius 3 is 2.61 bits per heavy atom. The molecule has 0 spiro atoms. The van der Waals surface area contributed by atoms with Crippen LogP contribution in [0, 0.1) is 0 Å². The van der Waals surface area contributed by atoms with Crippen molar-refractivity contribution >= 4 is 22.4 Å². The van der Waals surface area contributed by atoms with E-state index in [0.29, 0.717) is 0 Å². The van der Waals surface area contributed by atoms with Gasteiger partial charge in [-0.2, -0.15) is 0 Å². The molecule has 1 fully saturated rings. The second-order valence-corrected chi connectivity index (χ2v) is 6.58. The largest absolute Gasteiger partial charge is 0.497 e. The monoisotopic (exact) mass is 332 g/mol. The van der Waals surface area contributed by atoms with Gasteiger partial charge >= 0.3 is 0 Å². The first-order valence-electron chi connectivity index (χ1n) is 7.58. The van der Waals surface area contributed by atoms with Crippen molar-refractivity contribution in [1.82, 2.24) is 15.1 Å². The first-order chi connectivity index (χ1) is 11.1. The van der Waals surface area contributed by atoms with Gasteiger partial charge in [0.05, 0.1) is 7.11 Å². The maximum atomic E-state index is 11.5. The molecule has 7 heteroatoms. The number of amides is 1. The summed E-state index contributed by atoms with van der Waals surface area (Å²) in [4.78, 5) is 15.6. The van der Waals surface area contributed by atoms with Crippen LogP contribution in [0.5, 0.6) is 5.75 Å². The summed E-state index contributed by atoms with van der Waals surface area (Å²) in [5.74, 6) is 0.958. The van der Waals surface area contributed by atoms with Crippen LogP contribution < -0.4 is 9.64 Å². The highest BCUT2D eigenvalue weighted by atomic mass is 32.1. The molecule has 3 rings (SSSR count). The molecule has 23 heavy (non-hydrogen) atoms. The van der Waals surface area contributed by atoms with E-state index in [-0.39, 0.29) is 11.9 Å². The normalized spacial score (nSPS) is 18.1. The fourth-order valence-electron chi connectivity index (χ4n) is 2.71. The van der Waals surface area contributed by atoms with Crippen LogP contribution in [0.25, 0.3) is 10.6 Å². The van der Waals surface area contributed by atoms with Gasteiger partial charge in [-0.15, -0.1) is 10.2 Å². The highest BCUT2D eigenvalue weighted by Gasteiger charge is 2.27. The first-order valence-corrected chi connectivity index (χ1v) is 8.40. The zero-order valence-corrected chi connectivity index (χ0v) is 14.3. The van der Waals surface area contributed by atoms with Gasteiger partial charge in [-0.05, 0) is 31.2 Å². The summed E-state index contributed by atoms with van der Waals surface area (Å²) in [6, 6.07) is 8.06. The van der Waals surface area contributed by atoms with E-state index >= 15 is 0 Å². The molecule has 2 aromatic rings. The number of carbonyl (C=O) groups excluding carboxylic acids is 1. The molecule has 0 aliphatic carbocycles. The topological polar surface area (TPSA) is 58.6 Å². The van der Waals surface area contributed by atoms with Crippen LogP contribution in [0.3, 0.4) is 0 Å². The molecule has 1 amide bonds. The van der Waals surface area contributed by atoms with Crippen molar-refractivity contribution in [3.8, 4) is 16.3 Å². The predicted octanol–water partition coefficient (Wildman–Crippen LogP) is 2.27. The molecule has 1 aliphatic rings. The summed E-state index contributed by atoms with van der Waals surface area (Å²) in [6.45, 7) is 5.99. The summed E-state index contributed by atoms with van der Waals surface area (Å²) < 4.78 is 5.18. The molecule has 0 bridgehead atoms. The van der Waals surface area contributed by atoms with Crippen LogP contribution in [0.1, 0.15) is 13.8 Å². The van der Waals surface area contributed by atoms with E-state index in [4.69, 9.17) is 4.74 Å². The Balaban J connectivity index is 1.75. The number of aromatic nitrogens is 2. The molecule has 1 aliphatic heterocycles. The molecule has 1 unspecified atom stereocenters. The number of anilines is 1. The van der Waals surface area contributed by atoms with E-state index in [2.05, 4.69) is 22.0 Å². The van der Waals surface area contributed by atoms with Crippen molar-refractivity contribution in [2.24, 2.45) is 0 Å². The third-order valence-corrected chi connectivity index (χ3v) is 5.08. The Morgan fingerprint density at radius 2 is 2.00 bits per heavy atom. The lowest BCUT2D eigenvalue weighted by Crippen LogP contribution is -2.53. The fourth-order valence-corrected chi connectivity index (χ4v) is 3.69. The SMILES string of the molecule is COc1ccc(-c2nnc(N3CCN(C(C)=O)CC3C)s2)cc1. The number of methoxy groups -OCH3 is 1. The Morgan fingerprint density at radius 1 is 1.26 bits per heavy atom. The van der Waals surface area contributed by atoms with Crippen molar-refractivity contribution in [1.29, 1.82) is 0 Å². The van der Waals surface area contributed by atoms with E-state index in [1.54, 1.807) is 25.4 Å². The highest BCUT2D eigenvalue weighted by Crippen LogP contribution is 2.31. The number of ether oxygens (including phenoxy) is 1. The summed E-state index contributed by atoms with van der Waals surface area (Å²) in [5.41, 5.74) is 1.03. The van der Waals surface area contributed by atoms with Crippen LogP contribution in [-0.4, -0.2) is 53.8 Å². The number of rotatable bonds is 3. The minimum absolute atomic E-state index is 0.132. The average Bonchev–Trinajstić information content (AvgIpc) is 3.04. The van der Waals surface area contributed by atoms with Gasteiger partial charge in [0.1, 0.15) is 10.8 Å². The molecule has 1 saturated heterocycles. The van der Waals surface area contributed by atoms with Crippen molar-refractivity contribution < 1.29 is 9.53 Å². The molecule has 1 aromatic heterocycles. The fraction of sp³-hybridized carbons (Fsp3) is 0.438. The first kappa shape index (κ1) is 15.7. The van der Waals surface area contributed by atoms with Gasteiger partial charge in [0.15, 0.2) is 0 Å². The minimum Gasteiger partial charge on any atom is -0.497 e. The third kappa shape index (κ3) is 3.29. The molecule has 0 saturated carbocycles. The molecule has 1 atom stereocenters. The standard InChI is InChI=1S/C16H20N4O2S/c1-11-10-19(12(2)21)8-9-20(11)16-18-17-15(23-16)13-4-6-14(22-3)7-5-13/h4-7,11H,8-10H2,1-3H3. The number of hydrogen-bond donors (Lipinski definition) is 0. The van der Waals surface area contributed by atoms with Crippen LogP contribution in [-0.2, 0) is 4.79 Å². The van der Waals surface area contributed by atoms with Crippen molar-refractivity contribution in [2.45, 2.75) is 19.9 Å². The second kappa shape index (κ2) is 6.54. The van der Waals surface area contributed by atoms with E-state index in [1.165, 1.54) is 0 Å². The molecular weight excluding hydrogens is 312 g/mol. The Labute approximate surface area is 139 Å². The molecule has 0 radical (unpaired) electrons. The smallest absolute Gasteiger partial charge is 0.219 e. The number of carbonyl (C=O) groups is 1. The van der Waals surface area contributed by atoms with Crippen LogP contribution in [0.4, 0.5) is 5.13 Å². The molecule has 2 heterocycles. The summed E-state index contributed by atoms with van der Waals surface area (Å²) in [7, 11) is 1.65. The molecule has 0 N–H and O–H groups in total. The Kier molecular flexibility index (Phi) is 4.47. The van der Waals surface area contributed by atoms with Gasteiger partial charge < -0.3 is 14.5 Å². The van der Waals surface area contributed by atoms with E-state index in [1.807, 2.05) is 29.2 Å². The number of benzene rings is 1. The number of hydrogen-bond acceptors (Lipinski definition) is 6. The summed E-state index contributed by atoms with van der Waals surface area (Å²) in [6.07, 6.45) is 0. The maximum Gasteiger partial charge on any atom is 0.219 e. The average molecular weight is 332 g/mol. The summed E-state index contributed by atoms with van der Waals surface area (Å²) in [5, 5.41) is 10.5. The highest BCUT2D eigenvalue weighted by molar-refractivity contribution is 7.18. The Hall–Kier alpha value is -2.15. The van der Waals surface area contributed by atoms with Crippen LogP contribution in [0.15, 0.2) is 24.3 Å². The number of nitrogens with zero attached hydrogens (tertiary/aromatic N) is 4. The van der Waals surface area contributed by atoms with Gasteiger partial charge in [-0.3, -0.25) is 4.79 Å². The lowest BCUT2D eigenvalue weighted by Gasteiger charge is -2.39. The second-order valence-electron chi connectivity index (χ2n) is 5.63. The van der Waals surface area contributed by atoms with Crippen LogP contribution >= 0.6 is 11.3 Å². The quantitative estimate of drug-likeness (QED) is 0.863. The lowest BCUT2D eigenvalue weighted by molar-refractivity contribution is -0.129. The van der Waals surface area contributed by atoms with E-state index in [0.717, 1.165) is 41.1 Å². The lowest BCUT2D eigenvalue weighted by atomic mass is 10.2.